The Bertz CT molecular complexity index is 91.8. The van der Waals surface area contributed by atoms with E-state index in [0.717, 1.165) is 0 Å². The molecule has 0 fully saturated rings. The van der Waals surface area contributed by atoms with Crippen molar-refractivity contribution in [3.8, 4) is 0 Å². The van der Waals surface area contributed by atoms with Crippen molar-refractivity contribution in [1.29, 1.82) is 0 Å². The maximum atomic E-state index is 4.91. The van der Waals surface area contributed by atoms with Crippen LogP contribution in [0.1, 0.15) is 13.8 Å². The Morgan fingerprint density at radius 1 is 1.30 bits per heavy atom. The van der Waals surface area contributed by atoms with Crippen molar-refractivity contribution in [3.63, 3.8) is 0 Å². The van der Waals surface area contributed by atoms with E-state index < -0.39 is 0 Å². The maximum absolute atomic E-state index is 4.91. The Hall–Kier alpha value is -0.920. The first kappa shape index (κ1) is 9.08. The lowest BCUT2D eigenvalue weighted by Gasteiger charge is -1.89. The number of ether oxygens (including phenoxy) is 2. The summed E-state index contributed by atoms with van der Waals surface area (Å²) in [4.78, 5) is 0. The molecule has 10 heavy (non-hydrogen) atoms. The van der Waals surface area contributed by atoms with E-state index in [4.69, 9.17) is 9.47 Å². The van der Waals surface area contributed by atoms with Gasteiger partial charge in [0.15, 0.2) is 6.26 Å². The summed E-state index contributed by atoms with van der Waals surface area (Å²) in [6, 6.07) is 0. The fourth-order valence-electron chi connectivity index (χ4n) is 0.362. The summed E-state index contributed by atoms with van der Waals surface area (Å²) in [5.74, 6) is 0. The zero-order chi connectivity index (χ0) is 7.66. The molecule has 0 N–H and O–H groups in total. The Labute approximate surface area is 62.1 Å². The first-order valence-electron chi connectivity index (χ1n) is 3.39. The second kappa shape index (κ2) is 8.08. The molecule has 0 unspecified atom stereocenters. The molecule has 0 aliphatic heterocycles. The van der Waals surface area contributed by atoms with Crippen LogP contribution >= 0.6 is 0 Å². The highest BCUT2D eigenvalue weighted by atomic mass is 16.5. The fraction of sp³-hybridized carbons (Fsp3) is 0.500. The molecule has 0 saturated heterocycles. The van der Waals surface area contributed by atoms with Gasteiger partial charge in [-0.25, -0.2) is 0 Å². The lowest BCUT2D eigenvalue weighted by Crippen LogP contribution is -1.77. The van der Waals surface area contributed by atoms with Gasteiger partial charge >= 0.3 is 0 Å². The number of hydrogen-bond donors (Lipinski definition) is 0. The zero-order valence-corrected chi connectivity index (χ0v) is 6.46. The van der Waals surface area contributed by atoms with Crippen LogP contribution in [0.4, 0.5) is 0 Å². The van der Waals surface area contributed by atoms with Crippen molar-refractivity contribution in [1.82, 2.24) is 0 Å². The average molecular weight is 141 g/mol. The molecule has 0 spiro atoms. The first-order chi connectivity index (χ1) is 4.91. The summed E-state index contributed by atoms with van der Waals surface area (Å²) in [5, 5.41) is 0. The van der Waals surface area contributed by atoms with Gasteiger partial charge in [0.1, 0.15) is 0 Å². The van der Waals surface area contributed by atoms with Crippen molar-refractivity contribution < 1.29 is 9.47 Å². The summed E-state index contributed by atoms with van der Waals surface area (Å²) < 4.78 is 9.71. The van der Waals surface area contributed by atoms with Crippen LogP contribution in [0.15, 0.2) is 18.4 Å². The van der Waals surface area contributed by atoms with E-state index in [1.54, 1.807) is 18.4 Å². The van der Waals surface area contributed by atoms with Gasteiger partial charge in [-0.3, -0.25) is 0 Å². The van der Waals surface area contributed by atoms with E-state index in [1.165, 1.54) is 0 Å². The number of hydrogen-bond acceptors (Lipinski definition) is 2. The molecule has 0 aliphatic carbocycles. The molecule has 0 atom stereocenters. The molecule has 0 aromatic heterocycles. The van der Waals surface area contributed by atoms with Gasteiger partial charge in [0.25, 0.3) is 0 Å². The minimum atomic E-state index is 0.652. The molecule has 0 saturated carbocycles. The molecule has 0 rings (SSSR count). The summed E-state index contributed by atoms with van der Waals surface area (Å²) in [7, 11) is 0. The van der Waals surface area contributed by atoms with Crippen molar-refractivity contribution in [2.45, 2.75) is 13.8 Å². The highest BCUT2D eigenvalue weighted by Crippen LogP contribution is 1.80. The molecular formula is C8H13O2. The van der Waals surface area contributed by atoms with Gasteiger partial charge in [-0.2, -0.15) is 0 Å². The van der Waals surface area contributed by atoms with Gasteiger partial charge in [-0.1, -0.05) is 0 Å². The van der Waals surface area contributed by atoms with Gasteiger partial charge in [0.05, 0.1) is 19.5 Å². The van der Waals surface area contributed by atoms with Crippen molar-refractivity contribution in [2.75, 3.05) is 13.2 Å². The van der Waals surface area contributed by atoms with Crippen LogP contribution in [0, 0.1) is 6.26 Å². The lowest BCUT2D eigenvalue weighted by molar-refractivity contribution is 0.246. The monoisotopic (exact) mass is 141 g/mol. The highest BCUT2D eigenvalue weighted by Gasteiger charge is 1.69. The molecule has 0 aromatic carbocycles. The standard InChI is InChI=1S/C8H13O2/c1-3-9-7-5-6-8-10-4-2/h5-7H,3-4H2,1-2H3. The van der Waals surface area contributed by atoms with E-state index in [1.807, 2.05) is 13.8 Å². The molecule has 0 heterocycles. The summed E-state index contributed by atoms with van der Waals surface area (Å²) >= 11 is 0. The second-order valence-corrected chi connectivity index (χ2v) is 1.50. The van der Waals surface area contributed by atoms with Gasteiger partial charge in [0, 0.05) is 0 Å². The van der Waals surface area contributed by atoms with Crippen LogP contribution in [0.3, 0.4) is 0 Å². The smallest absolute Gasteiger partial charge is 0.161 e. The third-order valence-corrected chi connectivity index (χ3v) is 0.733. The van der Waals surface area contributed by atoms with Crippen molar-refractivity contribution in [3.05, 3.63) is 24.7 Å². The fourth-order valence-corrected chi connectivity index (χ4v) is 0.362. The van der Waals surface area contributed by atoms with E-state index in [9.17, 15) is 0 Å². The van der Waals surface area contributed by atoms with Crippen LogP contribution in [-0.2, 0) is 9.47 Å². The Kier molecular flexibility index (Phi) is 7.34. The molecule has 0 aromatic rings. The number of allylic oxidation sites excluding steroid dienone is 2. The molecule has 1 radical (unpaired) electrons. The minimum Gasteiger partial charge on any atom is -0.501 e. The average Bonchev–Trinajstić information content (AvgIpc) is 1.97. The van der Waals surface area contributed by atoms with Crippen LogP contribution in [0.5, 0.6) is 0 Å². The largest absolute Gasteiger partial charge is 0.501 e. The van der Waals surface area contributed by atoms with Crippen LogP contribution in [0.2, 0.25) is 0 Å². The Morgan fingerprint density at radius 2 is 2.10 bits per heavy atom. The SMILES string of the molecule is CCO/[C]=C/C=COCC. The molecule has 0 amide bonds. The van der Waals surface area contributed by atoms with Crippen LogP contribution in [-0.4, -0.2) is 13.2 Å². The van der Waals surface area contributed by atoms with Gasteiger partial charge in [0.2, 0.25) is 0 Å². The van der Waals surface area contributed by atoms with Crippen LogP contribution < -0.4 is 0 Å². The molecule has 0 aliphatic rings. The highest BCUT2D eigenvalue weighted by molar-refractivity contribution is 4.93. The van der Waals surface area contributed by atoms with Gasteiger partial charge < -0.3 is 9.47 Å². The minimum absolute atomic E-state index is 0.652. The molecular weight excluding hydrogens is 128 g/mol. The topological polar surface area (TPSA) is 18.5 Å². The van der Waals surface area contributed by atoms with E-state index >= 15 is 0 Å². The molecule has 2 heteroatoms. The quantitative estimate of drug-likeness (QED) is 0.430. The second-order valence-electron chi connectivity index (χ2n) is 1.50. The summed E-state index contributed by atoms with van der Waals surface area (Å²) in [6.07, 6.45) is 7.61. The molecule has 0 bridgehead atoms. The summed E-state index contributed by atoms with van der Waals surface area (Å²) in [5.41, 5.74) is 0. The first-order valence-corrected chi connectivity index (χ1v) is 3.39. The number of rotatable bonds is 5. The zero-order valence-electron chi connectivity index (χ0n) is 6.46. The van der Waals surface area contributed by atoms with E-state index in [-0.39, 0.29) is 0 Å². The lowest BCUT2D eigenvalue weighted by atomic mass is 10.6. The van der Waals surface area contributed by atoms with E-state index in [2.05, 4.69) is 6.26 Å². The van der Waals surface area contributed by atoms with Crippen molar-refractivity contribution in [2.24, 2.45) is 0 Å². The Morgan fingerprint density at radius 3 is 2.70 bits per heavy atom. The summed E-state index contributed by atoms with van der Waals surface area (Å²) in [6.45, 7) is 5.19. The van der Waals surface area contributed by atoms with Gasteiger partial charge in [-0.15, -0.1) is 0 Å². The third kappa shape index (κ3) is 7.08. The Balaban J connectivity index is 3.15. The molecule has 57 valence electrons. The maximum Gasteiger partial charge on any atom is 0.161 e. The normalized spacial score (nSPS) is 11.0. The van der Waals surface area contributed by atoms with Gasteiger partial charge in [-0.05, 0) is 26.0 Å². The predicted octanol–water partition coefficient (Wildman–Crippen LogP) is 1.89. The predicted molar refractivity (Wildman–Crippen MR) is 40.2 cm³/mol. The van der Waals surface area contributed by atoms with Crippen molar-refractivity contribution >= 4 is 0 Å². The van der Waals surface area contributed by atoms with E-state index in [0.29, 0.717) is 13.2 Å². The third-order valence-electron chi connectivity index (χ3n) is 0.733. The van der Waals surface area contributed by atoms with Crippen LogP contribution in [0.25, 0.3) is 0 Å². The molecule has 2 nitrogen and oxygen atoms in total.